The minimum Gasteiger partial charge on any atom is -0.505 e. The third-order valence-electron chi connectivity index (χ3n) is 4.20. The van der Waals surface area contributed by atoms with Crippen LogP contribution < -0.4 is 14.8 Å². The summed E-state index contributed by atoms with van der Waals surface area (Å²) in [4.78, 5) is 0. The molecule has 2 N–H and O–H groups in total. The van der Waals surface area contributed by atoms with Crippen LogP contribution in [0.25, 0.3) is 0 Å². The lowest BCUT2D eigenvalue weighted by Gasteiger charge is -2.16. The van der Waals surface area contributed by atoms with E-state index in [1.807, 2.05) is 37.3 Å². The summed E-state index contributed by atoms with van der Waals surface area (Å²) in [6.45, 7) is 3.10. The van der Waals surface area contributed by atoms with E-state index >= 15 is 0 Å². The molecule has 0 heterocycles. The molecule has 0 spiro atoms. The molecule has 0 saturated heterocycles. The van der Waals surface area contributed by atoms with Gasteiger partial charge in [-0.1, -0.05) is 58.5 Å². The van der Waals surface area contributed by atoms with E-state index in [2.05, 4.69) is 5.32 Å². The largest absolute Gasteiger partial charge is 0.505 e. The van der Waals surface area contributed by atoms with E-state index in [1.54, 1.807) is 18.2 Å². The van der Waals surface area contributed by atoms with E-state index in [4.69, 9.17) is 55.9 Å². The van der Waals surface area contributed by atoms with E-state index in [1.165, 1.54) is 0 Å². The average molecular weight is 487 g/mol. The zero-order valence-corrected chi connectivity index (χ0v) is 19.0. The molecule has 0 amide bonds. The summed E-state index contributed by atoms with van der Waals surface area (Å²) in [5, 5.41) is 14.4. The molecule has 158 valence electrons. The van der Waals surface area contributed by atoms with Crippen LogP contribution in [0.4, 0.5) is 5.69 Å². The van der Waals surface area contributed by atoms with Crippen LogP contribution in [-0.2, 0) is 13.2 Å². The van der Waals surface area contributed by atoms with E-state index in [0.29, 0.717) is 47.0 Å². The number of ether oxygens (including phenoxy) is 2. The van der Waals surface area contributed by atoms with E-state index in [9.17, 15) is 5.11 Å². The fraction of sp³-hybridized carbons (Fsp3) is 0.182. The van der Waals surface area contributed by atoms with Crippen molar-refractivity contribution in [2.75, 3.05) is 11.9 Å². The Hall–Kier alpha value is -1.98. The lowest BCUT2D eigenvalue weighted by atomic mass is 10.2. The van der Waals surface area contributed by atoms with Crippen molar-refractivity contribution >= 4 is 52.1 Å². The summed E-state index contributed by atoms with van der Waals surface area (Å²) in [6.07, 6.45) is 0. The second-order valence-electron chi connectivity index (χ2n) is 6.38. The van der Waals surface area contributed by atoms with E-state index in [0.717, 1.165) is 11.1 Å². The monoisotopic (exact) mass is 485 g/mol. The molecule has 0 aliphatic heterocycles. The normalized spacial score (nSPS) is 10.7. The Morgan fingerprint density at radius 2 is 1.57 bits per heavy atom. The van der Waals surface area contributed by atoms with Crippen molar-refractivity contribution in [3.05, 3.63) is 79.7 Å². The molecule has 3 aromatic carbocycles. The smallest absolute Gasteiger partial charge is 0.163 e. The first kappa shape index (κ1) is 22.7. The fourth-order valence-corrected chi connectivity index (χ4v) is 3.67. The van der Waals surface area contributed by atoms with Gasteiger partial charge < -0.3 is 19.9 Å². The van der Waals surface area contributed by atoms with Gasteiger partial charge in [0.15, 0.2) is 17.2 Å². The maximum atomic E-state index is 9.68. The van der Waals surface area contributed by atoms with Gasteiger partial charge in [0.1, 0.15) is 6.61 Å². The van der Waals surface area contributed by atoms with Gasteiger partial charge >= 0.3 is 0 Å². The van der Waals surface area contributed by atoms with Crippen molar-refractivity contribution in [3.63, 3.8) is 0 Å². The molecule has 30 heavy (non-hydrogen) atoms. The Morgan fingerprint density at radius 1 is 0.867 bits per heavy atom. The highest BCUT2D eigenvalue weighted by atomic mass is 35.5. The molecule has 0 atom stereocenters. The van der Waals surface area contributed by atoms with Crippen LogP contribution in [0.1, 0.15) is 18.1 Å². The maximum Gasteiger partial charge on any atom is 0.163 e. The summed E-state index contributed by atoms with van der Waals surface area (Å²) >= 11 is 24.4. The second-order valence-corrected chi connectivity index (χ2v) is 8.04. The van der Waals surface area contributed by atoms with Crippen molar-refractivity contribution < 1.29 is 14.6 Å². The lowest BCUT2D eigenvalue weighted by Crippen LogP contribution is -2.04. The number of halogens is 4. The molecule has 0 radical (unpaired) electrons. The molecule has 0 aliphatic carbocycles. The second kappa shape index (κ2) is 10.4. The number of nitrogens with one attached hydrogen (secondary N) is 1. The zero-order chi connectivity index (χ0) is 21.7. The molecule has 3 rings (SSSR count). The summed E-state index contributed by atoms with van der Waals surface area (Å²) in [5.41, 5.74) is 2.39. The summed E-state index contributed by atoms with van der Waals surface area (Å²) in [6, 6.07) is 14.2. The van der Waals surface area contributed by atoms with Gasteiger partial charge in [-0.15, -0.1) is 0 Å². The van der Waals surface area contributed by atoms with Crippen LogP contribution in [0.5, 0.6) is 17.2 Å². The molecular formula is C22H19Cl4NO3. The van der Waals surface area contributed by atoms with Crippen LogP contribution in [-0.4, -0.2) is 11.7 Å². The van der Waals surface area contributed by atoms with E-state index in [-0.39, 0.29) is 15.8 Å². The molecule has 0 aliphatic rings. The Morgan fingerprint density at radius 3 is 2.23 bits per heavy atom. The highest BCUT2D eigenvalue weighted by molar-refractivity contribution is 6.37. The predicted octanol–water partition coefficient (Wildman–Crippen LogP) is 7.60. The fourth-order valence-electron chi connectivity index (χ4n) is 2.75. The topological polar surface area (TPSA) is 50.7 Å². The molecule has 0 bridgehead atoms. The van der Waals surface area contributed by atoms with Gasteiger partial charge in [-0.2, -0.15) is 0 Å². The number of anilines is 1. The SMILES string of the molecule is CCOc1cc(CNc2cc(Cl)c(O)c(Cl)c2)c(Cl)cc1OCc1cccc(Cl)c1. The number of benzene rings is 3. The third kappa shape index (κ3) is 5.79. The minimum absolute atomic E-state index is 0.151. The molecule has 3 aromatic rings. The molecule has 0 saturated carbocycles. The summed E-state index contributed by atoms with van der Waals surface area (Å²) in [7, 11) is 0. The molecule has 0 unspecified atom stereocenters. The molecule has 8 heteroatoms. The maximum absolute atomic E-state index is 9.68. The Kier molecular flexibility index (Phi) is 7.84. The van der Waals surface area contributed by atoms with Crippen molar-refractivity contribution in [1.82, 2.24) is 0 Å². The average Bonchev–Trinajstić information content (AvgIpc) is 2.71. The summed E-state index contributed by atoms with van der Waals surface area (Å²) < 4.78 is 11.7. The lowest BCUT2D eigenvalue weighted by molar-refractivity contribution is 0.269. The number of hydrogen-bond donors (Lipinski definition) is 2. The molecule has 0 fully saturated rings. The molecular weight excluding hydrogens is 468 g/mol. The molecule has 4 nitrogen and oxygen atoms in total. The van der Waals surface area contributed by atoms with Crippen molar-refractivity contribution in [2.24, 2.45) is 0 Å². The van der Waals surface area contributed by atoms with Gasteiger partial charge in [-0.25, -0.2) is 0 Å². The predicted molar refractivity (Wildman–Crippen MR) is 124 cm³/mol. The quantitative estimate of drug-likeness (QED) is 0.322. The number of aromatic hydroxyl groups is 1. The van der Waals surface area contributed by atoms with Crippen molar-refractivity contribution in [2.45, 2.75) is 20.1 Å². The number of phenols is 1. The molecule has 0 aromatic heterocycles. The van der Waals surface area contributed by atoms with Crippen LogP contribution in [0.2, 0.25) is 20.1 Å². The van der Waals surface area contributed by atoms with Gasteiger partial charge in [0, 0.05) is 28.3 Å². The Labute approximate surface area is 195 Å². The zero-order valence-electron chi connectivity index (χ0n) is 16.0. The third-order valence-corrected chi connectivity index (χ3v) is 5.36. The highest BCUT2D eigenvalue weighted by Gasteiger charge is 2.13. The first-order chi connectivity index (χ1) is 14.4. The Bertz CT molecular complexity index is 1020. The van der Waals surface area contributed by atoms with Crippen molar-refractivity contribution in [3.8, 4) is 17.2 Å². The number of phenolic OH excluding ortho intramolecular Hbond substituents is 1. The van der Waals surface area contributed by atoms with Crippen LogP contribution in [0, 0.1) is 0 Å². The van der Waals surface area contributed by atoms with Crippen LogP contribution >= 0.6 is 46.4 Å². The standard InChI is InChI=1S/C22H19Cl4NO3/c1-2-29-20-7-14(11-27-16-8-18(25)22(28)19(26)9-16)17(24)10-21(20)30-12-13-4-3-5-15(23)6-13/h3-10,27-28H,2,11-12H2,1H3. The van der Waals surface area contributed by atoms with Crippen molar-refractivity contribution in [1.29, 1.82) is 0 Å². The van der Waals surface area contributed by atoms with Gasteiger partial charge in [0.25, 0.3) is 0 Å². The van der Waals surface area contributed by atoms with Gasteiger partial charge in [0.2, 0.25) is 0 Å². The van der Waals surface area contributed by atoms with Gasteiger partial charge in [0.05, 0.1) is 16.7 Å². The van der Waals surface area contributed by atoms with Gasteiger partial charge in [-0.3, -0.25) is 0 Å². The number of rotatable bonds is 8. The van der Waals surface area contributed by atoms with Gasteiger partial charge in [-0.05, 0) is 48.4 Å². The van der Waals surface area contributed by atoms with Crippen LogP contribution in [0.15, 0.2) is 48.5 Å². The van der Waals surface area contributed by atoms with E-state index < -0.39 is 0 Å². The first-order valence-corrected chi connectivity index (χ1v) is 10.6. The Balaban J connectivity index is 1.76. The number of hydrogen-bond acceptors (Lipinski definition) is 4. The summed E-state index contributed by atoms with van der Waals surface area (Å²) in [5.74, 6) is 0.977. The van der Waals surface area contributed by atoms with Crippen LogP contribution in [0.3, 0.4) is 0 Å². The first-order valence-electron chi connectivity index (χ1n) is 9.11. The minimum atomic E-state index is -0.151. The highest BCUT2D eigenvalue weighted by Crippen LogP contribution is 2.37.